The van der Waals surface area contributed by atoms with Crippen LogP contribution in [0, 0.1) is 0 Å². The lowest BCUT2D eigenvalue weighted by atomic mass is 10.7. The molecule has 60 valence electrons. The van der Waals surface area contributed by atoms with Crippen LogP contribution < -0.4 is 0 Å². The smallest absolute Gasteiger partial charge is 0.173 e. The van der Waals surface area contributed by atoms with Crippen molar-refractivity contribution in [2.24, 2.45) is 0 Å². The van der Waals surface area contributed by atoms with E-state index in [0.717, 1.165) is 6.26 Å². The van der Waals surface area contributed by atoms with Gasteiger partial charge in [0, 0.05) is 6.26 Å². The van der Waals surface area contributed by atoms with Crippen molar-refractivity contribution in [2.75, 3.05) is 12.9 Å². The molecule has 0 heterocycles. The highest BCUT2D eigenvalue weighted by Gasteiger charge is 2.13. The second-order valence-corrected chi connectivity index (χ2v) is 4.34. The van der Waals surface area contributed by atoms with Crippen molar-refractivity contribution in [3.8, 4) is 0 Å². The maximum Gasteiger partial charge on any atom is 0.173 e. The average Bonchev–Trinajstić information content (AvgIpc) is 1.80. The molecule has 0 amide bonds. The van der Waals surface area contributed by atoms with Gasteiger partial charge in [-0.3, -0.25) is 0 Å². The molecule has 0 aliphatic heterocycles. The van der Waals surface area contributed by atoms with E-state index in [1.807, 2.05) is 0 Å². The predicted octanol–water partition coefficient (Wildman–Crippen LogP) is 0.580. The molecular weight excluding hydrogens is 152 g/mol. The lowest BCUT2D eigenvalue weighted by Crippen LogP contribution is -2.19. The summed E-state index contributed by atoms with van der Waals surface area (Å²) in [5, 5.41) is 0. The molecule has 0 aliphatic rings. The normalized spacial score (nSPS) is 14.6. The molecule has 0 aromatic heterocycles. The molecule has 0 aromatic carbocycles. The van der Waals surface area contributed by atoms with Gasteiger partial charge in [0.1, 0.15) is 0 Å². The van der Waals surface area contributed by atoms with Crippen LogP contribution in [0.2, 0.25) is 0 Å². The first-order valence-electron chi connectivity index (χ1n) is 2.90. The maximum absolute atomic E-state index is 10.7. The minimum absolute atomic E-state index is 0.272. The molecule has 0 fully saturated rings. The molecule has 0 radical (unpaired) electrons. The molecule has 0 aliphatic carbocycles. The molecule has 0 bridgehead atoms. The van der Waals surface area contributed by atoms with Crippen LogP contribution in [-0.4, -0.2) is 26.7 Å². The van der Waals surface area contributed by atoms with Crippen molar-refractivity contribution >= 4 is 9.84 Å². The Kier molecular flexibility index (Phi) is 3.60. The van der Waals surface area contributed by atoms with E-state index in [4.69, 9.17) is 4.74 Å². The fraction of sp³-hybridized carbons (Fsp3) is 0.667. The number of hydrogen-bond acceptors (Lipinski definition) is 3. The lowest BCUT2D eigenvalue weighted by Gasteiger charge is -2.07. The van der Waals surface area contributed by atoms with Gasteiger partial charge in [0.05, 0.1) is 6.61 Å². The van der Waals surface area contributed by atoms with Crippen molar-refractivity contribution in [3.05, 3.63) is 12.7 Å². The average molecular weight is 164 g/mol. The van der Waals surface area contributed by atoms with E-state index in [0.29, 0.717) is 0 Å². The standard InChI is InChI=1S/C6H12O3S/c1-4-5-9-6(2)10(3,7)8/h4,6H,1,5H2,2-3H3. The van der Waals surface area contributed by atoms with Gasteiger partial charge in [-0.15, -0.1) is 6.58 Å². The molecule has 3 nitrogen and oxygen atoms in total. The summed E-state index contributed by atoms with van der Waals surface area (Å²) in [5.41, 5.74) is -0.731. The Morgan fingerprint density at radius 1 is 1.70 bits per heavy atom. The van der Waals surface area contributed by atoms with E-state index >= 15 is 0 Å². The summed E-state index contributed by atoms with van der Waals surface area (Å²) in [4.78, 5) is 0. The molecule has 0 aromatic rings. The third kappa shape index (κ3) is 3.63. The number of rotatable bonds is 4. The minimum atomic E-state index is -3.05. The maximum atomic E-state index is 10.7. The third-order valence-corrected chi connectivity index (χ3v) is 2.39. The van der Waals surface area contributed by atoms with Crippen LogP contribution in [-0.2, 0) is 14.6 Å². The van der Waals surface area contributed by atoms with Crippen molar-refractivity contribution in [1.82, 2.24) is 0 Å². The molecule has 0 N–H and O–H groups in total. The van der Waals surface area contributed by atoms with Crippen LogP contribution in [0.15, 0.2) is 12.7 Å². The second-order valence-electron chi connectivity index (χ2n) is 2.02. The molecule has 10 heavy (non-hydrogen) atoms. The van der Waals surface area contributed by atoms with Gasteiger partial charge < -0.3 is 4.74 Å². The Labute approximate surface area is 61.6 Å². The molecule has 0 spiro atoms. The lowest BCUT2D eigenvalue weighted by molar-refractivity contribution is 0.144. The highest BCUT2D eigenvalue weighted by molar-refractivity contribution is 7.91. The summed E-state index contributed by atoms with van der Waals surface area (Å²) < 4.78 is 26.2. The Bertz CT molecular complexity index is 193. The van der Waals surface area contributed by atoms with Crippen LogP contribution in [0.25, 0.3) is 0 Å². The topological polar surface area (TPSA) is 43.4 Å². The summed E-state index contributed by atoms with van der Waals surface area (Å²) in [6.45, 7) is 5.17. The van der Waals surface area contributed by atoms with Gasteiger partial charge in [0.15, 0.2) is 15.3 Å². The van der Waals surface area contributed by atoms with E-state index < -0.39 is 15.3 Å². The van der Waals surface area contributed by atoms with Gasteiger partial charge in [-0.1, -0.05) is 6.08 Å². The van der Waals surface area contributed by atoms with Gasteiger partial charge >= 0.3 is 0 Å². The van der Waals surface area contributed by atoms with Crippen LogP contribution >= 0.6 is 0 Å². The molecule has 1 unspecified atom stereocenters. The van der Waals surface area contributed by atoms with E-state index in [1.54, 1.807) is 0 Å². The number of ether oxygens (including phenoxy) is 1. The Morgan fingerprint density at radius 3 is 2.50 bits per heavy atom. The summed E-state index contributed by atoms with van der Waals surface area (Å²) in [5.74, 6) is 0. The number of sulfone groups is 1. The first-order chi connectivity index (χ1) is 4.48. The van der Waals surface area contributed by atoms with Crippen LogP contribution in [0.1, 0.15) is 6.92 Å². The second kappa shape index (κ2) is 3.73. The molecule has 0 saturated carbocycles. The fourth-order valence-corrected chi connectivity index (χ4v) is 0.653. The van der Waals surface area contributed by atoms with Crippen LogP contribution in [0.4, 0.5) is 0 Å². The molecule has 0 saturated heterocycles. The van der Waals surface area contributed by atoms with Gasteiger partial charge in [-0.2, -0.15) is 0 Å². The van der Waals surface area contributed by atoms with E-state index in [-0.39, 0.29) is 6.61 Å². The van der Waals surface area contributed by atoms with Crippen molar-refractivity contribution in [2.45, 2.75) is 12.4 Å². The SMILES string of the molecule is C=CCOC(C)S(C)(=O)=O. The van der Waals surface area contributed by atoms with Crippen molar-refractivity contribution in [3.63, 3.8) is 0 Å². The zero-order chi connectivity index (χ0) is 8.20. The van der Waals surface area contributed by atoms with Crippen LogP contribution in [0.3, 0.4) is 0 Å². The Hall–Kier alpha value is -0.350. The van der Waals surface area contributed by atoms with Crippen LogP contribution in [0.5, 0.6) is 0 Å². The van der Waals surface area contributed by atoms with Gasteiger partial charge in [-0.25, -0.2) is 8.42 Å². The van der Waals surface area contributed by atoms with Gasteiger partial charge in [0.2, 0.25) is 0 Å². The third-order valence-electron chi connectivity index (χ3n) is 1.05. The monoisotopic (exact) mass is 164 g/mol. The predicted molar refractivity (Wildman–Crippen MR) is 40.5 cm³/mol. The highest BCUT2D eigenvalue weighted by atomic mass is 32.2. The summed E-state index contributed by atoms with van der Waals surface area (Å²) in [6, 6.07) is 0. The van der Waals surface area contributed by atoms with Crippen molar-refractivity contribution in [1.29, 1.82) is 0 Å². The first-order valence-corrected chi connectivity index (χ1v) is 4.85. The molecule has 1 atom stereocenters. The zero-order valence-electron chi connectivity index (χ0n) is 6.20. The molecule has 0 rings (SSSR count). The number of hydrogen-bond donors (Lipinski definition) is 0. The summed E-state index contributed by atoms with van der Waals surface area (Å²) in [7, 11) is -3.05. The molecular formula is C6H12O3S. The largest absolute Gasteiger partial charge is 0.359 e. The summed E-state index contributed by atoms with van der Waals surface area (Å²) in [6.07, 6.45) is 2.66. The highest BCUT2D eigenvalue weighted by Crippen LogP contribution is 1.98. The van der Waals surface area contributed by atoms with Gasteiger partial charge in [-0.05, 0) is 6.92 Å². The van der Waals surface area contributed by atoms with Gasteiger partial charge in [0.25, 0.3) is 0 Å². The minimum Gasteiger partial charge on any atom is -0.359 e. The Morgan fingerprint density at radius 2 is 2.20 bits per heavy atom. The van der Waals surface area contributed by atoms with Crippen molar-refractivity contribution < 1.29 is 13.2 Å². The van der Waals surface area contributed by atoms with E-state index in [1.165, 1.54) is 13.0 Å². The Balaban J connectivity index is 3.86. The molecule has 4 heteroatoms. The van der Waals surface area contributed by atoms with E-state index in [2.05, 4.69) is 6.58 Å². The first kappa shape index (κ1) is 9.65. The fourth-order valence-electron chi connectivity index (χ4n) is 0.327. The van der Waals surface area contributed by atoms with E-state index in [9.17, 15) is 8.42 Å². The quantitative estimate of drug-likeness (QED) is 0.571. The summed E-state index contributed by atoms with van der Waals surface area (Å²) >= 11 is 0. The zero-order valence-corrected chi connectivity index (χ0v) is 7.02.